The Morgan fingerprint density at radius 2 is 1.79 bits per heavy atom. The first-order valence-corrected chi connectivity index (χ1v) is 12.4. The van der Waals surface area contributed by atoms with E-state index in [1.165, 1.54) is 32.1 Å². The molecule has 2 aromatic rings. The van der Waals surface area contributed by atoms with Gasteiger partial charge in [-0.15, -0.1) is 0 Å². The molecular weight excluding hydrogens is 438 g/mol. The Morgan fingerprint density at radius 1 is 1.14 bits per heavy atom. The van der Waals surface area contributed by atoms with Crippen molar-refractivity contribution in [3.05, 3.63) is 39.5 Å². The van der Waals surface area contributed by atoms with Crippen LogP contribution in [0.15, 0.2) is 27.6 Å². The first kappa shape index (κ1) is 21.4. The second-order valence-corrected chi connectivity index (χ2v) is 10.6. The van der Waals surface area contributed by atoms with Crippen LogP contribution in [0.5, 0.6) is 0 Å². The zero-order valence-corrected chi connectivity index (χ0v) is 19.3. The zero-order chi connectivity index (χ0) is 20.3. The van der Waals surface area contributed by atoms with E-state index in [2.05, 4.69) is 37.8 Å². The molecule has 1 fully saturated rings. The molecule has 3 rings (SSSR count). The lowest BCUT2D eigenvalue weighted by Gasteiger charge is -2.27. The Morgan fingerprint density at radius 3 is 2.39 bits per heavy atom. The molecule has 7 heteroatoms. The summed E-state index contributed by atoms with van der Waals surface area (Å²) in [4.78, 5) is 0.316. The summed E-state index contributed by atoms with van der Waals surface area (Å²) in [5, 5.41) is 7.28. The van der Waals surface area contributed by atoms with Gasteiger partial charge < -0.3 is 0 Å². The monoisotopic (exact) mass is 467 g/mol. The molecule has 0 atom stereocenters. The molecule has 1 heterocycles. The van der Waals surface area contributed by atoms with E-state index in [0.29, 0.717) is 27.8 Å². The molecule has 1 aliphatic rings. The van der Waals surface area contributed by atoms with Gasteiger partial charge in [0, 0.05) is 22.2 Å². The molecule has 0 spiro atoms. The average Bonchev–Trinajstić information content (AvgIpc) is 3.06. The second kappa shape index (κ2) is 8.99. The van der Waals surface area contributed by atoms with Gasteiger partial charge in [-0.1, -0.05) is 42.1 Å². The van der Waals surface area contributed by atoms with E-state index in [1.807, 2.05) is 18.2 Å². The Hall–Kier alpha value is -1.34. The summed E-state index contributed by atoms with van der Waals surface area (Å²) in [7, 11) is -3.68. The smallest absolute Gasteiger partial charge is 0.263 e. The molecule has 1 aromatic carbocycles. The minimum atomic E-state index is -3.68. The van der Waals surface area contributed by atoms with Gasteiger partial charge >= 0.3 is 0 Å². The molecule has 0 aliphatic heterocycles. The number of hydrogen-bond acceptors (Lipinski definition) is 3. The lowest BCUT2D eigenvalue weighted by molar-refractivity contribution is 0.301. The van der Waals surface area contributed by atoms with Gasteiger partial charge in [-0.05, 0) is 68.7 Å². The van der Waals surface area contributed by atoms with E-state index < -0.39 is 10.0 Å². The van der Waals surface area contributed by atoms with Crippen molar-refractivity contribution in [2.24, 2.45) is 5.92 Å². The third-order valence-electron chi connectivity index (χ3n) is 5.78. The van der Waals surface area contributed by atoms with E-state index in [1.54, 1.807) is 13.8 Å². The van der Waals surface area contributed by atoms with Crippen molar-refractivity contribution in [2.75, 3.05) is 4.72 Å². The Balaban J connectivity index is 1.68. The van der Waals surface area contributed by atoms with Gasteiger partial charge in [0.15, 0.2) is 5.82 Å². The van der Waals surface area contributed by atoms with Crippen LogP contribution in [-0.2, 0) is 10.0 Å². The van der Waals surface area contributed by atoms with Gasteiger partial charge in [0.05, 0.1) is 4.90 Å². The fourth-order valence-electron chi connectivity index (χ4n) is 4.36. The highest BCUT2D eigenvalue weighted by molar-refractivity contribution is 9.10. The molecule has 154 valence electrons. The van der Waals surface area contributed by atoms with E-state index in [-0.39, 0.29) is 0 Å². The van der Waals surface area contributed by atoms with E-state index in [9.17, 15) is 8.42 Å². The third kappa shape index (κ3) is 4.98. The minimum absolute atomic E-state index is 0.316. The molecule has 5 nitrogen and oxygen atoms in total. The van der Waals surface area contributed by atoms with Crippen LogP contribution < -0.4 is 4.72 Å². The van der Waals surface area contributed by atoms with Gasteiger partial charge in [-0.25, -0.2) is 8.42 Å². The highest BCUT2D eigenvalue weighted by atomic mass is 79.9. The largest absolute Gasteiger partial charge is 0.280 e. The maximum Gasteiger partial charge on any atom is 0.263 e. The first-order valence-electron chi connectivity index (χ1n) is 10.1. The number of rotatable bonds is 7. The number of halogens is 1. The molecule has 28 heavy (non-hydrogen) atoms. The summed E-state index contributed by atoms with van der Waals surface area (Å²) in [6, 6.07) is 5.49. The van der Waals surface area contributed by atoms with Gasteiger partial charge in [-0.2, -0.15) is 5.10 Å². The standard InChI is InChI=1S/C21H30BrN3O2S/c1-4-5-6-16-7-9-17(10-8-16)19-13-20(24-23-19)25-28(26,27)21-14(2)11-18(22)12-15(21)3/h11-13,16-17H,4-10H2,1-3H3,(H2,23,24,25). The topological polar surface area (TPSA) is 74.8 Å². The van der Waals surface area contributed by atoms with Crippen molar-refractivity contribution in [1.29, 1.82) is 0 Å². The van der Waals surface area contributed by atoms with Gasteiger partial charge in [-0.3, -0.25) is 9.82 Å². The minimum Gasteiger partial charge on any atom is -0.280 e. The third-order valence-corrected chi connectivity index (χ3v) is 7.90. The normalized spacial score (nSPS) is 20.3. The fourth-order valence-corrected chi connectivity index (χ4v) is 6.50. The van der Waals surface area contributed by atoms with Crippen LogP contribution in [0.25, 0.3) is 0 Å². The Labute approximate surface area is 176 Å². The van der Waals surface area contributed by atoms with Crippen LogP contribution in [0.1, 0.15) is 74.6 Å². The number of sulfonamides is 1. The van der Waals surface area contributed by atoms with E-state index in [4.69, 9.17) is 0 Å². The van der Waals surface area contributed by atoms with Crippen molar-refractivity contribution in [3.8, 4) is 0 Å². The quantitative estimate of drug-likeness (QED) is 0.519. The van der Waals surface area contributed by atoms with Crippen LogP contribution in [0.4, 0.5) is 5.82 Å². The van der Waals surface area contributed by atoms with Crippen molar-refractivity contribution in [1.82, 2.24) is 10.2 Å². The van der Waals surface area contributed by atoms with Gasteiger partial charge in [0.2, 0.25) is 0 Å². The number of nitrogens with zero attached hydrogens (tertiary/aromatic N) is 1. The lowest BCUT2D eigenvalue weighted by atomic mass is 9.78. The van der Waals surface area contributed by atoms with E-state index >= 15 is 0 Å². The molecule has 0 unspecified atom stereocenters. The number of anilines is 1. The Kier molecular flexibility index (Phi) is 6.86. The molecule has 1 aromatic heterocycles. The highest BCUT2D eigenvalue weighted by Crippen LogP contribution is 2.37. The molecule has 0 bridgehead atoms. The van der Waals surface area contributed by atoms with Gasteiger partial charge in [0.25, 0.3) is 10.0 Å². The van der Waals surface area contributed by atoms with Crippen molar-refractivity contribution < 1.29 is 8.42 Å². The molecule has 1 saturated carbocycles. The summed E-state index contributed by atoms with van der Waals surface area (Å²) in [6.45, 7) is 5.86. The second-order valence-electron chi connectivity index (χ2n) is 8.04. The van der Waals surface area contributed by atoms with Crippen LogP contribution in [0, 0.1) is 19.8 Å². The average molecular weight is 468 g/mol. The number of aryl methyl sites for hydroxylation is 2. The summed E-state index contributed by atoms with van der Waals surface area (Å²) in [6.07, 6.45) is 8.72. The van der Waals surface area contributed by atoms with Crippen molar-refractivity contribution in [2.45, 2.75) is 76.5 Å². The van der Waals surface area contributed by atoms with Crippen molar-refractivity contribution >= 4 is 31.8 Å². The molecule has 0 amide bonds. The maximum atomic E-state index is 12.9. The number of aromatic nitrogens is 2. The summed E-state index contributed by atoms with van der Waals surface area (Å²) < 4.78 is 29.3. The fraction of sp³-hybridized carbons (Fsp3) is 0.571. The zero-order valence-electron chi connectivity index (χ0n) is 16.9. The molecular formula is C21H30BrN3O2S. The van der Waals surface area contributed by atoms with Gasteiger partial charge in [0.1, 0.15) is 0 Å². The highest BCUT2D eigenvalue weighted by Gasteiger charge is 2.25. The summed E-state index contributed by atoms with van der Waals surface area (Å²) in [5.41, 5.74) is 2.46. The predicted octanol–water partition coefficient (Wildman–Crippen LogP) is 6.05. The van der Waals surface area contributed by atoms with Crippen LogP contribution in [0.2, 0.25) is 0 Å². The van der Waals surface area contributed by atoms with E-state index in [0.717, 1.165) is 28.9 Å². The molecule has 0 radical (unpaired) electrons. The van der Waals surface area contributed by atoms with Crippen molar-refractivity contribution in [3.63, 3.8) is 0 Å². The number of benzene rings is 1. The Bertz CT molecular complexity index is 892. The molecule has 0 saturated heterocycles. The number of hydrogen-bond donors (Lipinski definition) is 2. The lowest BCUT2D eigenvalue weighted by Crippen LogP contribution is -2.16. The number of unbranched alkanes of at least 4 members (excludes halogenated alkanes) is 1. The first-order chi connectivity index (χ1) is 13.3. The number of aromatic amines is 1. The summed E-state index contributed by atoms with van der Waals surface area (Å²) >= 11 is 3.41. The van der Waals surface area contributed by atoms with Crippen LogP contribution in [0.3, 0.4) is 0 Å². The maximum absolute atomic E-state index is 12.9. The summed E-state index contributed by atoms with van der Waals surface area (Å²) in [5.74, 6) is 1.66. The number of nitrogens with one attached hydrogen (secondary N) is 2. The van der Waals surface area contributed by atoms with Crippen LogP contribution in [-0.4, -0.2) is 18.6 Å². The number of H-pyrrole nitrogens is 1. The molecule has 1 aliphatic carbocycles. The van der Waals surface area contributed by atoms with Crippen LogP contribution >= 0.6 is 15.9 Å². The molecule has 2 N–H and O–H groups in total. The SMILES string of the molecule is CCCCC1CCC(c2cc(NS(=O)(=O)c3c(C)cc(Br)cc3C)n[nH]2)CC1. The predicted molar refractivity (Wildman–Crippen MR) is 117 cm³/mol.